The van der Waals surface area contributed by atoms with Gasteiger partial charge in [-0.25, -0.2) is 13.9 Å². The van der Waals surface area contributed by atoms with E-state index >= 15 is 0 Å². The summed E-state index contributed by atoms with van der Waals surface area (Å²) in [5.74, 6) is -0.269. The first-order valence-corrected chi connectivity index (χ1v) is 10.4. The van der Waals surface area contributed by atoms with Crippen LogP contribution in [0, 0.1) is 0 Å². The molecule has 0 bridgehead atoms. The lowest BCUT2D eigenvalue weighted by Crippen LogP contribution is -2.50. The van der Waals surface area contributed by atoms with Gasteiger partial charge < -0.3 is 9.47 Å². The molecule has 0 fully saturated rings. The molecule has 1 amide bonds. The molecule has 1 aliphatic rings. The average molecular weight is 412 g/mol. The van der Waals surface area contributed by atoms with Crippen molar-refractivity contribution in [3.8, 4) is 5.75 Å². The monoisotopic (exact) mass is 412 g/mol. The van der Waals surface area contributed by atoms with E-state index in [1.54, 1.807) is 5.48 Å². The Bertz CT molecular complexity index is 910. The summed E-state index contributed by atoms with van der Waals surface area (Å²) in [6.45, 7) is -0.0489. The Labute approximate surface area is 161 Å². The maximum atomic E-state index is 13.3. The summed E-state index contributed by atoms with van der Waals surface area (Å²) in [7, 11) is -1.04. The molecule has 3 rings (SSSR count). The van der Waals surface area contributed by atoms with E-state index in [0.717, 1.165) is 14.7 Å². The average Bonchev–Trinajstić information content (AvgIpc) is 3.08. The van der Waals surface area contributed by atoms with Gasteiger partial charge in [0.05, 0.1) is 18.1 Å². The van der Waals surface area contributed by atoms with Crippen molar-refractivity contribution in [3.63, 3.8) is 0 Å². The predicted molar refractivity (Wildman–Crippen MR) is 98.4 cm³/mol. The molecule has 0 saturated heterocycles. The fourth-order valence-electron chi connectivity index (χ4n) is 3.12. The fourth-order valence-corrected chi connectivity index (χ4v) is 5.67. The van der Waals surface area contributed by atoms with E-state index in [9.17, 15) is 13.2 Å². The first kappa shape index (κ1) is 19.8. The second-order valence-electron chi connectivity index (χ2n) is 5.97. The molecule has 1 aromatic heterocycles. The molecule has 0 aliphatic carbocycles. The number of hydroxylamine groups is 1. The van der Waals surface area contributed by atoms with Gasteiger partial charge in [0.25, 0.3) is 5.91 Å². The van der Waals surface area contributed by atoms with Crippen LogP contribution < -0.4 is 10.2 Å². The van der Waals surface area contributed by atoms with Crippen molar-refractivity contribution in [3.05, 3.63) is 46.2 Å². The van der Waals surface area contributed by atoms with Crippen LogP contribution in [0.25, 0.3) is 0 Å². The summed E-state index contributed by atoms with van der Waals surface area (Å²) in [5, 5.41) is 11.0. The molecule has 2 N–H and O–H groups in total. The Hall–Kier alpha value is -1.98. The van der Waals surface area contributed by atoms with Crippen LogP contribution in [0.2, 0.25) is 0 Å². The molecule has 0 saturated carbocycles. The normalized spacial score (nSPS) is 20.6. The van der Waals surface area contributed by atoms with Gasteiger partial charge in [0.2, 0.25) is 10.0 Å². The molecule has 2 heterocycles. The number of rotatable bonds is 5. The van der Waals surface area contributed by atoms with Crippen molar-refractivity contribution in [2.75, 3.05) is 20.8 Å². The molecule has 0 unspecified atom stereocenters. The van der Waals surface area contributed by atoms with E-state index in [-0.39, 0.29) is 17.9 Å². The Morgan fingerprint density at radius 2 is 1.96 bits per heavy atom. The number of carbonyl (C=O) groups is 1. The van der Waals surface area contributed by atoms with Crippen LogP contribution in [0.1, 0.15) is 16.5 Å². The number of nitrogens with zero attached hydrogens (tertiary/aromatic N) is 1. The Kier molecular flexibility index (Phi) is 5.82. The number of hydrogen-bond donors (Lipinski definition) is 2. The standard InChI is InChI=1S/C17H20N2O6S2/c1-24-11-3-5-12(6-4-11)27(22,23)19-10-15(25-2)13-7-8-26-16(13)9-14(19)17(20)18-21/h3-8,14-15,21H,9-10H2,1-2H3,(H,18,20)/t14-,15+/m1/s1. The van der Waals surface area contributed by atoms with E-state index in [2.05, 4.69) is 0 Å². The van der Waals surface area contributed by atoms with Gasteiger partial charge in [-0.15, -0.1) is 11.3 Å². The lowest BCUT2D eigenvalue weighted by Gasteiger charge is -2.29. The minimum absolute atomic E-state index is 0.0270. The maximum absolute atomic E-state index is 13.3. The minimum Gasteiger partial charge on any atom is -0.497 e. The van der Waals surface area contributed by atoms with E-state index in [1.165, 1.54) is 49.8 Å². The van der Waals surface area contributed by atoms with Crippen LogP contribution in [0.4, 0.5) is 0 Å². The molecule has 2 aromatic rings. The number of amides is 1. The van der Waals surface area contributed by atoms with Crippen LogP contribution >= 0.6 is 11.3 Å². The summed E-state index contributed by atoms with van der Waals surface area (Å²) >= 11 is 1.42. The first-order chi connectivity index (χ1) is 12.9. The number of sulfonamides is 1. The van der Waals surface area contributed by atoms with Crippen LogP contribution in [-0.4, -0.2) is 50.6 Å². The highest BCUT2D eigenvalue weighted by molar-refractivity contribution is 7.89. The van der Waals surface area contributed by atoms with Crippen molar-refractivity contribution < 1.29 is 27.9 Å². The van der Waals surface area contributed by atoms with Gasteiger partial charge in [0.15, 0.2) is 0 Å². The van der Waals surface area contributed by atoms with Crippen LogP contribution in [0.3, 0.4) is 0 Å². The molecule has 27 heavy (non-hydrogen) atoms. The zero-order valence-electron chi connectivity index (χ0n) is 14.8. The Balaban J connectivity index is 2.06. The summed E-state index contributed by atoms with van der Waals surface area (Å²) in [4.78, 5) is 13.2. The lowest BCUT2D eigenvalue weighted by atomic mass is 10.1. The molecule has 10 heteroatoms. The molecule has 8 nitrogen and oxygen atoms in total. The largest absolute Gasteiger partial charge is 0.497 e. The molecule has 1 aliphatic heterocycles. The topological polar surface area (TPSA) is 105 Å². The first-order valence-electron chi connectivity index (χ1n) is 8.11. The van der Waals surface area contributed by atoms with Gasteiger partial charge >= 0.3 is 0 Å². The molecule has 2 atom stereocenters. The van der Waals surface area contributed by atoms with E-state index < -0.39 is 28.1 Å². The highest BCUT2D eigenvalue weighted by Crippen LogP contribution is 2.35. The quantitative estimate of drug-likeness (QED) is 0.570. The lowest BCUT2D eigenvalue weighted by molar-refractivity contribution is -0.133. The third-order valence-corrected chi connectivity index (χ3v) is 7.41. The SMILES string of the molecule is COc1ccc(S(=O)(=O)N2C[C@H](OC)c3ccsc3C[C@@H]2C(=O)NO)cc1. The summed E-state index contributed by atoms with van der Waals surface area (Å²) in [5.41, 5.74) is 2.44. The van der Waals surface area contributed by atoms with Crippen molar-refractivity contribution in [1.29, 1.82) is 0 Å². The number of nitrogens with one attached hydrogen (secondary N) is 1. The van der Waals surface area contributed by atoms with E-state index in [4.69, 9.17) is 14.7 Å². The third-order valence-electron chi connectivity index (χ3n) is 4.56. The minimum atomic E-state index is -4.02. The van der Waals surface area contributed by atoms with Crippen LogP contribution in [0.15, 0.2) is 40.6 Å². The van der Waals surface area contributed by atoms with Gasteiger partial charge in [-0.1, -0.05) is 0 Å². The Morgan fingerprint density at radius 1 is 1.26 bits per heavy atom. The third kappa shape index (κ3) is 3.71. The molecule has 146 valence electrons. The molecule has 0 radical (unpaired) electrons. The van der Waals surface area contributed by atoms with Crippen molar-refractivity contribution in [1.82, 2.24) is 9.79 Å². The predicted octanol–water partition coefficient (Wildman–Crippen LogP) is 1.57. The number of fused-ring (bicyclic) bond motifs is 1. The zero-order chi connectivity index (χ0) is 19.6. The second-order valence-corrected chi connectivity index (χ2v) is 8.86. The smallest absolute Gasteiger partial charge is 0.262 e. The number of benzene rings is 1. The highest BCUT2D eigenvalue weighted by Gasteiger charge is 2.41. The van der Waals surface area contributed by atoms with E-state index in [1.807, 2.05) is 11.4 Å². The summed E-state index contributed by atoms with van der Waals surface area (Å²) < 4.78 is 38.2. The highest BCUT2D eigenvalue weighted by atomic mass is 32.2. The van der Waals surface area contributed by atoms with Gasteiger partial charge in [-0.2, -0.15) is 4.31 Å². The number of ether oxygens (including phenoxy) is 2. The van der Waals surface area contributed by atoms with Gasteiger partial charge in [0, 0.05) is 25.0 Å². The van der Waals surface area contributed by atoms with Crippen molar-refractivity contribution in [2.24, 2.45) is 0 Å². The van der Waals surface area contributed by atoms with Crippen LogP contribution in [-0.2, 0) is 26.0 Å². The summed E-state index contributed by atoms with van der Waals surface area (Å²) in [6.07, 6.45) is -0.370. The number of thiophene rings is 1. The van der Waals surface area contributed by atoms with Gasteiger partial charge in [-0.05, 0) is 41.3 Å². The maximum Gasteiger partial charge on any atom is 0.262 e. The van der Waals surface area contributed by atoms with Gasteiger partial charge in [0.1, 0.15) is 11.8 Å². The van der Waals surface area contributed by atoms with Crippen molar-refractivity contribution >= 4 is 27.3 Å². The molecule has 1 aromatic carbocycles. The fraction of sp³-hybridized carbons (Fsp3) is 0.353. The molecule has 0 spiro atoms. The molecular formula is C17H20N2O6S2. The van der Waals surface area contributed by atoms with Crippen LogP contribution in [0.5, 0.6) is 5.75 Å². The number of hydrogen-bond acceptors (Lipinski definition) is 7. The number of carbonyl (C=O) groups excluding carboxylic acids is 1. The van der Waals surface area contributed by atoms with E-state index in [0.29, 0.717) is 5.75 Å². The summed E-state index contributed by atoms with van der Waals surface area (Å²) in [6, 6.07) is 6.69. The van der Waals surface area contributed by atoms with Crippen molar-refractivity contribution in [2.45, 2.75) is 23.5 Å². The molecular weight excluding hydrogens is 392 g/mol. The Morgan fingerprint density at radius 3 is 2.56 bits per heavy atom. The second kappa shape index (κ2) is 7.95. The number of methoxy groups -OCH3 is 2. The van der Waals surface area contributed by atoms with Gasteiger partial charge in [-0.3, -0.25) is 10.0 Å². The zero-order valence-corrected chi connectivity index (χ0v) is 16.4.